The van der Waals surface area contributed by atoms with Crippen LogP contribution >= 0.6 is 0 Å². The molecule has 0 bridgehead atoms. The quantitative estimate of drug-likeness (QED) is 0.117. The van der Waals surface area contributed by atoms with Crippen LogP contribution in [0, 0.1) is 0 Å². The Kier molecular flexibility index (Phi) is 11.9. The van der Waals surface area contributed by atoms with Gasteiger partial charge in [-0.25, -0.2) is 0 Å². The lowest BCUT2D eigenvalue weighted by atomic mass is 9.34. The predicted molar refractivity (Wildman–Crippen MR) is 407 cm³/mol. The molecule has 94 heavy (non-hydrogen) atoms. The van der Waals surface area contributed by atoms with E-state index in [0.29, 0.717) is 0 Å². The van der Waals surface area contributed by atoms with E-state index in [4.69, 9.17) is 0 Å². The van der Waals surface area contributed by atoms with Crippen molar-refractivity contribution in [1.29, 1.82) is 0 Å². The summed E-state index contributed by atoms with van der Waals surface area (Å²) in [6.45, 7) is 28.5. The number of aromatic nitrogens is 4. The molecule has 0 aliphatic carbocycles. The van der Waals surface area contributed by atoms with Crippen LogP contribution in [0.25, 0.3) is 110 Å². The first-order valence-electron chi connectivity index (χ1n) is 33.9. The third kappa shape index (κ3) is 7.93. The van der Waals surface area contributed by atoms with E-state index in [2.05, 4.69) is 350 Å². The Morgan fingerprint density at radius 1 is 0.255 bits per heavy atom. The maximum Gasteiger partial charge on any atom is 0.252 e. The number of hydrogen-bond donors (Lipinski definition) is 0. The third-order valence-electron chi connectivity index (χ3n) is 21.7. The average Bonchev–Trinajstić information content (AvgIpc) is 1.45. The van der Waals surface area contributed by atoms with Gasteiger partial charge in [0.2, 0.25) is 0 Å². The molecular weight excluding hydrogens is 1150 g/mol. The summed E-state index contributed by atoms with van der Waals surface area (Å²) < 4.78 is 10.6. The molecule has 0 saturated carbocycles. The number of rotatable bonds is 6. The molecular formula is C88H77BN4Si. The summed E-state index contributed by atoms with van der Waals surface area (Å²) in [5.41, 5.74) is 23.9. The van der Waals surface area contributed by atoms with Gasteiger partial charge < -0.3 is 18.3 Å². The van der Waals surface area contributed by atoms with Crippen LogP contribution in [0.5, 0.6) is 0 Å². The number of benzene rings is 12. The largest absolute Gasteiger partial charge is 0.310 e. The molecule has 0 amide bonds. The van der Waals surface area contributed by atoms with Crippen LogP contribution in [0.1, 0.15) is 105 Å². The van der Waals surface area contributed by atoms with Crippen molar-refractivity contribution in [3.05, 3.63) is 271 Å². The molecule has 2 aliphatic heterocycles. The summed E-state index contributed by atoms with van der Waals surface area (Å²) in [5, 5.41) is 15.6. The minimum atomic E-state index is -2.82. The minimum absolute atomic E-state index is 0.0431. The molecule has 0 atom stereocenters. The monoisotopic (exact) mass is 1230 g/mol. The molecule has 6 heteroatoms. The molecule has 456 valence electrons. The van der Waals surface area contributed by atoms with Gasteiger partial charge in [0.05, 0.1) is 38.8 Å². The molecule has 0 fully saturated rings. The second-order valence-electron chi connectivity index (χ2n) is 31.3. The molecule has 16 aromatic rings. The molecule has 18 rings (SSSR count). The Bertz CT molecular complexity index is 5590. The first kappa shape index (κ1) is 56.8. The Balaban J connectivity index is 0.982. The zero-order valence-corrected chi connectivity index (χ0v) is 57.0. The Morgan fingerprint density at radius 3 is 1.01 bits per heavy atom. The van der Waals surface area contributed by atoms with Crippen molar-refractivity contribution in [2.24, 2.45) is 0 Å². The standard InChI is InChI=1S/C88H77BN4Si/c1-85(2,3)54-36-44-76-68(46-54)70-48-56(87(7,8)9)50-72-81(70)92(76)78-52-59(53-79-80(78)89(72)73-51-57(88(10,11)12)49-71-69-47-55(86(4,5)6)37-45-77(69)93(79)82(71)73)91-75-35-25-23-33-65(75)67-43-42-66-64-32-22-24-34-74(64)90(83(66)84(67)91)58-38-40-63(41-39-58)94(60-26-16-13-17-27-60,61-28-18-14-19-29-61)62-30-20-15-21-31-62/h13-53H,1-12H3. The predicted octanol–water partition coefficient (Wildman–Crippen LogP) is 17.8. The maximum atomic E-state index is 2.70. The SMILES string of the molecule is CC(C)(C)c1ccc2c(c1)c1cc(C(C)(C)C)cc3c1n2-c1cc(-n2c4ccccc4c4ccc5c6ccccc6n(-c6ccc([Si](c7ccccc7)(c7ccccc7)c7ccccc7)cc6)c5c42)cc2c1B3c1cc(C(C)(C)C)cc3c4cc(C(C)(C)C)ccc4n-2c13. The highest BCUT2D eigenvalue weighted by Crippen LogP contribution is 2.47. The van der Waals surface area contributed by atoms with E-state index in [-0.39, 0.29) is 28.4 Å². The van der Waals surface area contributed by atoms with Gasteiger partial charge in [-0.05, 0) is 154 Å². The van der Waals surface area contributed by atoms with Crippen molar-refractivity contribution in [2.45, 2.75) is 105 Å². The van der Waals surface area contributed by atoms with Gasteiger partial charge in [-0.3, -0.25) is 0 Å². The summed E-state index contributed by atoms with van der Waals surface area (Å²) in [4.78, 5) is 0. The highest BCUT2D eigenvalue weighted by atomic mass is 28.3. The second-order valence-corrected chi connectivity index (χ2v) is 35.2. The van der Waals surface area contributed by atoms with Crippen LogP contribution in [0.4, 0.5) is 0 Å². The first-order valence-corrected chi connectivity index (χ1v) is 35.9. The van der Waals surface area contributed by atoms with E-state index in [9.17, 15) is 0 Å². The molecule has 0 radical (unpaired) electrons. The van der Waals surface area contributed by atoms with Crippen LogP contribution < -0.4 is 37.1 Å². The summed E-state index contributed by atoms with van der Waals surface area (Å²) in [6, 6.07) is 96.9. The Labute approximate surface area is 552 Å². The Hall–Kier alpha value is -9.88. The topological polar surface area (TPSA) is 19.7 Å². The normalized spacial score (nSPS) is 13.5. The van der Waals surface area contributed by atoms with Crippen LogP contribution in [0.15, 0.2) is 249 Å². The highest BCUT2D eigenvalue weighted by Gasteiger charge is 2.45. The van der Waals surface area contributed by atoms with Gasteiger partial charge in [0, 0.05) is 71.2 Å². The van der Waals surface area contributed by atoms with Crippen LogP contribution in [0.3, 0.4) is 0 Å². The fraction of sp³-hybridized carbons (Fsp3) is 0.182. The molecule has 12 aromatic carbocycles. The summed E-state index contributed by atoms with van der Waals surface area (Å²) in [5.74, 6) is 0. The number of hydrogen-bond acceptors (Lipinski definition) is 0. The van der Waals surface area contributed by atoms with Crippen molar-refractivity contribution in [1.82, 2.24) is 18.3 Å². The average molecular weight is 1230 g/mol. The van der Waals surface area contributed by atoms with Gasteiger partial charge in [-0.2, -0.15) is 0 Å². The van der Waals surface area contributed by atoms with Crippen molar-refractivity contribution in [2.75, 3.05) is 0 Å². The summed E-state index contributed by atoms with van der Waals surface area (Å²) in [6.07, 6.45) is 0. The summed E-state index contributed by atoms with van der Waals surface area (Å²) >= 11 is 0. The van der Waals surface area contributed by atoms with Gasteiger partial charge in [0.15, 0.2) is 8.07 Å². The fourth-order valence-electron chi connectivity index (χ4n) is 16.9. The van der Waals surface area contributed by atoms with Gasteiger partial charge in [0.25, 0.3) is 6.71 Å². The van der Waals surface area contributed by atoms with Crippen molar-refractivity contribution >= 4 is 139 Å². The lowest BCUT2D eigenvalue weighted by Crippen LogP contribution is -2.74. The first-order chi connectivity index (χ1) is 45.2. The maximum absolute atomic E-state index is 2.82. The third-order valence-corrected chi connectivity index (χ3v) is 26.5. The lowest BCUT2D eigenvalue weighted by Gasteiger charge is -2.36. The number of para-hydroxylation sites is 2. The fourth-order valence-corrected chi connectivity index (χ4v) is 21.7. The van der Waals surface area contributed by atoms with Crippen LogP contribution in [-0.4, -0.2) is 33.1 Å². The molecule has 0 N–H and O–H groups in total. The smallest absolute Gasteiger partial charge is 0.252 e. The molecule has 2 aliphatic rings. The van der Waals surface area contributed by atoms with Crippen LogP contribution in [-0.2, 0) is 21.7 Å². The molecule has 0 saturated heterocycles. The van der Waals surface area contributed by atoms with Gasteiger partial charge in [-0.1, -0.05) is 259 Å². The van der Waals surface area contributed by atoms with E-state index in [0.717, 1.165) is 11.4 Å². The molecule has 0 spiro atoms. The van der Waals surface area contributed by atoms with Gasteiger partial charge >= 0.3 is 0 Å². The second kappa shape index (κ2) is 19.6. The summed E-state index contributed by atoms with van der Waals surface area (Å²) in [7, 11) is -2.82. The van der Waals surface area contributed by atoms with E-state index in [1.54, 1.807) is 0 Å². The lowest BCUT2D eigenvalue weighted by molar-refractivity contribution is 0.590. The van der Waals surface area contributed by atoms with Crippen molar-refractivity contribution < 1.29 is 0 Å². The number of fused-ring (bicyclic) bond motifs is 17. The number of nitrogens with zero attached hydrogens (tertiary/aromatic N) is 4. The molecule has 6 heterocycles. The van der Waals surface area contributed by atoms with E-state index in [1.807, 2.05) is 0 Å². The van der Waals surface area contributed by atoms with Crippen molar-refractivity contribution in [3.63, 3.8) is 0 Å². The zero-order chi connectivity index (χ0) is 64.3. The minimum Gasteiger partial charge on any atom is -0.310 e. The highest BCUT2D eigenvalue weighted by molar-refractivity contribution is 7.20. The molecule has 4 aromatic heterocycles. The van der Waals surface area contributed by atoms with Gasteiger partial charge in [-0.15, -0.1) is 0 Å². The van der Waals surface area contributed by atoms with Gasteiger partial charge in [0.1, 0.15) is 0 Å². The molecule has 0 unspecified atom stereocenters. The van der Waals surface area contributed by atoms with Crippen molar-refractivity contribution in [3.8, 4) is 22.7 Å². The van der Waals surface area contributed by atoms with Crippen LogP contribution in [0.2, 0.25) is 0 Å². The zero-order valence-electron chi connectivity index (χ0n) is 56.0. The Morgan fingerprint density at radius 2 is 0.606 bits per heavy atom. The van der Waals surface area contributed by atoms with E-state index < -0.39 is 8.07 Å². The van der Waals surface area contributed by atoms with E-state index >= 15 is 0 Å². The molecule has 4 nitrogen and oxygen atoms in total. The van der Waals surface area contributed by atoms with E-state index in [1.165, 1.54) is 158 Å².